The second kappa shape index (κ2) is 8.63. The van der Waals surface area contributed by atoms with E-state index in [4.69, 9.17) is 5.11 Å². The van der Waals surface area contributed by atoms with Gasteiger partial charge in [0.15, 0.2) is 0 Å². The average Bonchev–Trinajstić information content (AvgIpc) is 2.23. The molecule has 0 saturated carbocycles. The highest BCUT2D eigenvalue weighted by Gasteiger charge is 2.21. The van der Waals surface area contributed by atoms with Crippen molar-refractivity contribution in [1.29, 1.82) is 0 Å². The third kappa shape index (κ3) is 9.18. The van der Waals surface area contributed by atoms with Crippen molar-refractivity contribution in [3.05, 3.63) is 0 Å². The van der Waals surface area contributed by atoms with Gasteiger partial charge in [-0.15, -0.1) is 0 Å². The molecule has 0 aromatic carbocycles. The SMILES string of the molecule is CC(=O)N[C@@H](CS(=O)CCC(=O)NC(C)C)C(=O)O. The zero-order chi connectivity index (χ0) is 15.0. The fourth-order valence-corrected chi connectivity index (χ4v) is 2.47. The summed E-state index contributed by atoms with van der Waals surface area (Å²) < 4.78 is 11.6. The van der Waals surface area contributed by atoms with Crippen LogP contribution in [0, 0.1) is 0 Å². The minimum absolute atomic E-state index is 0.00656. The van der Waals surface area contributed by atoms with Crippen molar-refractivity contribution >= 4 is 28.6 Å². The lowest BCUT2D eigenvalue weighted by atomic mass is 10.3. The van der Waals surface area contributed by atoms with Crippen LogP contribution in [0.1, 0.15) is 27.2 Å². The first-order chi connectivity index (χ1) is 8.72. The highest BCUT2D eigenvalue weighted by Crippen LogP contribution is 1.95. The van der Waals surface area contributed by atoms with Crippen LogP contribution in [0.4, 0.5) is 0 Å². The molecule has 3 N–H and O–H groups in total. The summed E-state index contributed by atoms with van der Waals surface area (Å²) >= 11 is 0. The molecule has 0 aliphatic rings. The van der Waals surface area contributed by atoms with Crippen LogP contribution in [0.5, 0.6) is 0 Å². The summed E-state index contributed by atoms with van der Waals surface area (Å²) in [5.74, 6) is -2.10. The predicted octanol–water partition coefficient (Wildman–Crippen LogP) is -0.761. The number of amides is 2. The lowest BCUT2D eigenvalue weighted by molar-refractivity contribution is -0.140. The van der Waals surface area contributed by atoms with Gasteiger partial charge in [-0.1, -0.05) is 0 Å². The molecule has 0 spiro atoms. The molecule has 0 radical (unpaired) electrons. The standard InChI is InChI=1S/C11H20N2O5S/c1-7(2)12-10(15)4-5-19(18)6-9(11(16)17)13-8(3)14/h7,9H,4-6H2,1-3H3,(H,12,15)(H,13,14)(H,16,17)/t9-,19?/m0/s1. The van der Waals surface area contributed by atoms with E-state index in [1.165, 1.54) is 6.92 Å². The van der Waals surface area contributed by atoms with E-state index >= 15 is 0 Å². The van der Waals surface area contributed by atoms with Gasteiger partial charge in [-0.2, -0.15) is 0 Å². The molecule has 0 aliphatic heterocycles. The molecule has 1 unspecified atom stereocenters. The number of nitrogens with one attached hydrogen (secondary N) is 2. The third-order valence-corrected chi connectivity index (χ3v) is 3.40. The molecule has 2 amide bonds. The smallest absolute Gasteiger partial charge is 0.327 e. The highest BCUT2D eigenvalue weighted by atomic mass is 32.2. The number of carbonyl (C=O) groups excluding carboxylic acids is 2. The van der Waals surface area contributed by atoms with Gasteiger partial charge < -0.3 is 15.7 Å². The van der Waals surface area contributed by atoms with E-state index in [-0.39, 0.29) is 29.9 Å². The summed E-state index contributed by atoms with van der Waals surface area (Å²) in [7, 11) is -1.48. The molecule has 0 aromatic heterocycles. The van der Waals surface area contributed by atoms with Gasteiger partial charge in [0.1, 0.15) is 6.04 Å². The van der Waals surface area contributed by atoms with Crippen molar-refractivity contribution in [1.82, 2.24) is 10.6 Å². The molecule has 2 atom stereocenters. The van der Waals surface area contributed by atoms with E-state index in [2.05, 4.69) is 10.6 Å². The topological polar surface area (TPSA) is 113 Å². The third-order valence-electron chi connectivity index (χ3n) is 2.03. The number of aliphatic carboxylic acids is 1. The van der Waals surface area contributed by atoms with Crippen molar-refractivity contribution in [2.75, 3.05) is 11.5 Å². The first-order valence-corrected chi connectivity index (χ1v) is 7.35. The van der Waals surface area contributed by atoms with E-state index in [9.17, 15) is 18.6 Å². The molecule has 0 saturated heterocycles. The van der Waals surface area contributed by atoms with Crippen molar-refractivity contribution in [2.24, 2.45) is 0 Å². The Morgan fingerprint density at radius 2 is 1.79 bits per heavy atom. The molecule has 0 rings (SSSR count). The second-order valence-electron chi connectivity index (χ2n) is 4.37. The lowest BCUT2D eigenvalue weighted by Gasteiger charge is -2.13. The number of carboxylic acids is 1. The summed E-state index contributed by atoms with van der Waals surface area (Å²) in [6, 6.07) is -1.18. The van der Waals surface area contributed by atoms with Gasteiger partial charge in [0, 0.05) is 35.9 Å². The van der Waals surface area contributed by atoms with E-state index in [0.29, 0.717) is 0 Å². The zero-order valence-corrected chi connectivity index (χ0v) is 12.1. The maximum atomic E-state index is 11.6. The Bertz CT molecular complexity index is 370. The van der Waals surface area contributed by atoms with E-state index in [1.807, 2.05) is 13.8 Å². The average molecular weight is 292 g/mol. The molecule has 0 fully saturated rings. The molecule has 8 heteroatoms. The van der Waals surface area contributed by atoms with Gasteiger partial charge in [-0.3, -0.25) is 13.8 Å². The van der Waals surface area contributed by atoms with Gasteiger partial charge in [0.2, 0.25) is 11.8 Å². The van der Waals surface area contributed by atoms with Crippen molar-refractivity contribution in [3.63, 3.8) is 0 Å². The van der Waals surface area contributed by atoms with Crippen LogP contribution in [0.2, 0.25) is 0 Å². The molecule has 110 valence electrons. The van der Waals surface area contributed by atoms with Gasteiger partial charge in [0.05, 0.1) is 5.75 Å². The van der Waals surface area contributed by atoms with Crippen LogP contribution in [-0.4, -0.2) is 50.7 Å². The van der Waals surface area contributed by atoms with E-state index < -0.39 is 28.7 Å². The van der Waals surface area contributed by atoms with E-state index in [0.717, 1.165) is 0 Å². The van der Waals surface area contributed by atoms with Gasteiger partial charge >= 0.3 is 5.97 Å². The monoisotopic (exact) mass is 292 g/mol. The molecule has 0 heterocycles. The summed E-state index contributed by atoms with van der Waals surface area (Å²) in [4.78, 5) is 32.9. The van der Waals surface area contributed by atoms with Crippen molar-refractivity contribution < 1.29 is 23.7 Å². The fraction of sp³-hybridized carbons (Fsp3) is 0.727. The Labute approximate surface area is 114 Å². The van der Waals surface area contributed by atoms with Gasteiger partial charge in [-0.05, 0) is 13.8 Å². The number of hydrogen-bond acceptors (Lipinski definition) is 4. The van der Waals surface area contributed by atoms with Crippen LogP contribution in [-0.2, 0) is 25.2 Å². The first-order valence-electron chi connectivity index (χ1n) is 5.86. The Hall–Kier alpha value is -1.44. The maximum Gasteiger partial charge on any atom is 0.327 e. The minimum atomic E-state index is -1.48. The normalized spacial score (nSPS) is 13.7. The van der Waals surface area contributed by atoms with Crippen LogP contribution in [0.3, 0.4) is 0 Å². The van der Waals surface area contributed by atoms with Crippen LogP contribution >= 0.6 is 0 Å². The second-order valence-corrected chi connectivity index (χ2v) is 6.00. The zero-order valence-electron chi connectivity index (χ0n) is 11.3. The Morgan fingerprint density at radius 3 is 2.21 bits per heavy atom. The molecular formula is C11H20N2O5S. The lowest BCUT2D eigenvalue weighted by Crippen LogP contribution is -2.43. The first kappa shape index (κ1) is 17.6. The molecule has 0 aliphatic carbocycles. The molecular weight excluding hydrogens is 272 g/mol. The molecule has 0 bridgehead atoms. The Balaban J connectivity index is 4.17. The molecule has 19 heavy (non-hydrogen) atoms. The number of rotatable bonds is 8. The van der Waals surface area contributed by atoms with Gasteiger partial charge in [0.25, 0.3) is 0 Å². The largest absolute Gasteiger partial charge is 0.480 e. The number of hydrogen-bond donors (Lipinski definition) is 3. The number of carbonyl (C=O) groups is 3. The minimum Gasteiger partial charge on any atom is -0.480 e. The maximum absolute atomic E-state index is 11.6. The van der Waals surface area contributed by atoms with Crippen molar-refractivity contribution in [3.8, 4) is 0 Å². The van der Waals surface area contributed by atoms with Crippen LogP contribution in [0.15, 0.2) is 0 Å². The van der Waals surface area contributed by atoms with Crippen molar-refractivity contribution in [2.45, 2.75) is 39.3 Å². The summed E-state index contributed by atoms with van der Waals surface area (Å²) in [6.45, 7) is 4.81. The molecule has 7 nitrogen and oxygen atoms in total. The quantitative estimate of drug-likeness (QED) is 0.544. The Kier molecular flexibility index (Phi) is 7.97. The summed E-state index contributed by atoms with van der Waals surface area (Å²) in [5, 5.41) is 13.7. The van der Waals surface area contributed by atoms with E-state index in [1.54, 1.807) is 0 Å². The van der Waals surface area contributed by atoms with Gasteiger partial charge in [-0.25, -0.2) is 4.79 Å². The fourth-order valence-electron chi connectivity index (χ4n) is 1.29. The highest BCUT2D eigenvalue weighted by molar-refractivity contribution is 7.85. The molecule has 0 aromatic rings. The predicted molar refractivity (Wildman–Crippen MR) is 71.0 cm³/mol. The van der Waals surface area contributed by atoms with Crippen LogP contribution in [0.25, 0.3) is 0 Å². The summed E-state index contributed by atoms with van der Waals surface area (Å²) in [5.41, 5.74) is 0. The Morgan fingerprint density at radius 1 is 1.21 bits per heavy atom. The van der Waals surface area contributed by atoms with Crippen LogP contribution < -0.4 is 10.6 Å². The number of carboxylic acid groups (broad SMARTS) is 1. The summed E-state index contributed by atoms with van der Waals surface area (Å²) in [6.07, 6.45) is 0.0667.